The third kappa shape index (κ3) is 4.75. The van der Waals surface area contributed by atoms with Crippen LogP contribution in [0.15, 0.2) is 24.3 Å². The van der Waals surface area contributed by atoms with E-state index in [-0.39, 0.29) is 11.5 Å². The van der Waals surface area contributed by atoms with Gasteiger partial charge < -0.3 is 11.1 Å². The molecule has 1 aromatic rings. The van der Waals surface area contributed by atoms with Crippen molar-refractivity contribution in [3.8, 4) is 0 Å². The van der Waals surface area contributed by atoms with Gasteiger partial charge in [-0.05, 0) is 30.7 Å². The van der Waals surface area contributed by atoms with E-state index < -0.39 is 15.7 Å². The molecule has 0 radical (unpaired) electrons. The first kappa shape index (κ1) is 14.5. The maximum absolute atomic E-state index is 11.3. The van der Waals surface area contributed by atoms with Crippen LogP contribution in [0.1, 0.15) is 23.7 Å². The fourth-order valence-electron chi connectivity index (χ4n) is 1.42. The van der Waals surface area contributed by atoms with Crippen LogP contribution in [-0.4, -0.2) is 32.4 Å². The number of nitrogens with one attached hydrogen (secondary N) is 1. The van der Waals surface area contributed by atoms with Gasteiger partial charge in [-0.2, -0.15) is 0 Å². The van der Waals surface area contributed by atoms with Gasteiger partial charge in [-0.25, -0.2) is 8.42 Å². The molecule has 0 heterocycles. The molecule has 18 heavy (non-hydrogen) atoms. The number of anilines is 1. The van der Waals surface area contributed by atoms with E-state index in [0.717, 1.165) is 5.69 Å². The highest BCUT2D eigenvalue weighted by molar-refractivity contribution is 7.91. The van der Waals surface area contributed by atoms with E-state index in [1.54, 1.807) is 31.2 Å². The lowest BCUT2D eigenvalue weighted by Crippen LogP contribution is -2.13. The van der Waals surface area contributed by atoms with Crippen LogP contribution < -0.4 is 11.1 Å². The second-order valence-electron chi connectivity index (χ2n) is 3.96. The minimum atomic E-state index is -2.89. The van der Waals surface area contributed by atoms with Gasteiger partial charge in [-0.15, -0.1) is 0 Å². The topological polar surface area (TPSA) is 89.3 Å². The lowest BCUT2D eigenvalue weighted by atomic mass is 10.2. The summed E-state index contributed by atoms with van der Waals surface area (Å²) < 4.78 is 22.5. The van der Waals surface area contributed by atoms with Crippen LogP contribution in [-0.2, 0) is 9.84 Å². The fourth-order valence-corrected chi connectivity index (χ4v) is 2.29. The Morgan fingerprint density at radius 3 is 2.39 bits per heavy atom. The first-order valence-corrected chi connectivity index (χ1v) is 7.61. The molecule has 0 unspecified atom stereocenters. The molecule has 0 aliphatic rings. The van der Waals surface area contributed by atoms with Crippen LogP contribution in [0, 0.1) is 0 Å². The molecule has 0 saturated heterocycles. The third-order valence-electron chi connectivity index (χ3n) is 2.57. The average molecular weight is 270 g/mol. The van der Waals surface area contributed by atoms with Crippen molar-refractivity contribution in [2.75, 3.05) is 23.4 Å². The molecule has 1 amide bonds. The van der Waals surface area contributed by atoms with Crippen molar-refractivity contribution in [3.63, 3.8) is 0 Å². The van der Waals surface area contributed by atoms with Gasteiger partial charge in [0.25, 0.3) is 0 Å². The summed E-state index contributed by atoms with van der Waals surface area (Å²) in [5.74, 6) is -0.0912. The van der Waals surface area contributed by atoms with E-state index in [4.69, 9.17) is 5.73 Å². The van der Waals surface area contributed by atoms with Gasteiger partial charge in [0.05, 0.1) is 5.75 Å². The quantitative estimate of drug-likeness (QED) is 0.724. The number of hydrogen-bond acceptors (Lipinski definition) is 4. The highest BCUT2D eigenvalue weighted by Gasteiger charge is 2.06. The highest BCUT2D eigenvalue weighted by atomic mass is 32.2. The smallest absolute Gasteiger partial charge is 0.248 e. The van der Waals surface area contributed by atoms with Crippen LogP contribution >= 0.6 is 0 Å². The SMILES string of the molecule is CCS(=O)(=O)CCCNc1ccc(C(N)=O)cc1. The Bertz CT molecular complexity index is 495. The summed E-state index contributed by atoms with van der Waals surface area (Å²) in [7, 11) is -2.89. The van der Waals surface area contributed by atoms with Crippen LogP contribution in [0.5, 0.6) is 0 Å². The predicted molar refractivity (Wildman–Crippen MR) is 72.4 cm³/mol. The molecule has 6 heteroatoms. The van der Waals surface area contributed by atoms with Crippen molar-refractivity contribution in [2.45, 2.75) is 13.3 Å². The van der Waals surface area contributed by atoms with Crippen molar-refractivity contribution < 1.29 is 13.2 Å². The van der Waals surface area contributed by atoms with Crippen molar-refractivity contribution in [1.82, 2.24) is 0 Å². The Hall–Kier alpha value is -1.56. The summed E-state index contributed by atoms with van der Waals surface area (Å²) in [6.45, 7) is 2.22. The molecule has 0 aliphatic carbocycles. The van der Waals surface area contributed by atoms with Crippen molar-refractivity contribution in [1.29, 1.82) is 0 Å². The molecule has 0 saturated carbocycles. The van der Waals surface area contributed by atoms with E-state index >= 15 is 0 Å². The second kappa shape index (κ2) is 6.39. The van der Waals surface area contributed by atoms with Gasteiger partial charge in [0.2, 0.25) is 5.91 Å². The summed E-state index contributed by atoms with van der Waals surface area (Å²) in [6.07, 6.45) is 0.563. The highest BCUT2D eigenvalue weighted by Crippen LogP contribution is 2.09. The maximum atomic E-state index is 11.3. The lowest BCUT2D eigenvalue weighted by molar-refractivity contribution is 0.100. The van der Waals surface area contributed by atoms with Crippen molar-refractivity contribution >= 4 is 21.4 Å². The molecular weight excluding hydrogens is 252 g/mol. The molecule has 0 fully saturated rings. The van der Waals surface area contributed by atoms with E-state index in [0.29, 0.717) is 18.5 Å². The van der Waals surface area contributed by atoms with E-state index in [2.05, 4.69) is 5.32 Å². The summed E-state index contributed by atoms with van der Waals surface area (Å²) >= 11 is 0. The van der Waals surface area contributed by atoms with Crippen LogP contribution in [0.3, 0.4) is 0 Å². The number of hydrogen-bond donors (Lipinski definition) is 2. The zero-order valence-corrected chi connectivity index (χ0v) is 11.2. The molecule has 100 valence electrons. The van der Waals surface area contributed by atoms with Gasteiger partial charge in [0.1, 0.15) is 9.84 Å². The minimum absolute atomic E-state index is 0.181. The Morgan fingerprint density at radius 2 is 1.89 bits per heavy atom. The number of carbonyl (C=O) groups is 1. The monoisotopic (exact) mass is 270 g/mol. The Kier molecular flexibility index (Phi) is 5.15. The van der Waals surface area contributed by atoms with Crippen LogP contribution in [0.2, 0.25) is 0 Å². The number of nitrogens with two attached hydrogens (primary N) is 1. The molecule has 0 bridgehead atoms. The molecule has 3 N–H and O–H groups in total. The normalized spacial score (nSPS) is 11.2. The number of rotatable bonds is 7. The zero-order chi connectivity index (χ0) is 13.6. The molecule has 0 aromatic heterocycles. The number of primary amides is 1. The molecule has 0 spiro atoms. The van der Waals surface area contributed by atoms with Crippen molar-refractivity contribution in [3.05, 3.63) is 29.8 Å². The van der Waals surface area contributed by atoms with E-state index in [9.17, 15) is 13.2 Å². The average Bonchev–Trinajstić information content (AvgIpc) is 2.35. The van der Waals surface area contributed by atoms with E-state index in [1.807, 2.05) is 0 Å². The first-order chi connectivity index (χ1) is 8.44. The molecular formula is C12H18N2O3S. The number of amides is 1. The molecule has 5 nitrogen and oxygen atoms in total. The first-order valence-electron chi connectivity index (χ1n) is 5.79. The van der Waals surface area contributed by atoms with Crippen molar-refractivity contribution in [2.24, 2.45) is 5.73 Å². The van der Waals surface area contributed by atoms with Crippen LogP contribution in [0.25, 0.3) is 0 Å². The summed E-state index contributed by atoms with van der Waals surface area (Å²) in [5.41, 5.74) is 6.42. The fraction of sp³-hybridized carbons (Fsp3) is 0.417. The number of benzene rings is 1. The minimum Gasteiger partial charge on any atom is -0.385 e. The van der Waals surface area contributed by atoms with Gasteiger partial charge >= 0.3 is 0 Å². The molecule has 1 aromatic carbocycles. The molecule has 1 rings (SSSR count). The van der Waals surface area contributed by atoms with E-state index in [1.165, 1.54) is 0 Å². The van der Waals surface area contributed by atoms with Gasteiger partial charge in [0.15, 0.2) is 0 Å². The largest absolute Gasteiger partial charge is 0.385 e. The maximum Gasteiger partial charge on any atom is 0.248 e. The molecule has 0 atom stereocenters. The molecule has 0 aliphatic heterocycles. The lowest BCUT2D eigenvalue weighted by Gasteiger charge is -2.06. The second-order valence-corrected chi connectivity index (χ2v) is 6.43. The summed E-state index contributed by atoms with van der Waals surface area (Å²) in [4.78, 5) is 10.9. The Labute approximate surface area is 107 Å². The summed E-state index contributed by atoms with van der Waals surface area (Å²) in [5, 5.41) is 3.09. The van der Waals surface area contributed by atoms with Gasteiger partial charge in [-0.3, -0.25) is 4.79 Å². The predicted octanol–water partition coefficient (Wildman–Crippen LogP) is 1.02. The van der Waals surface area contributed by atoms with Crippen LogP contribution in [0.4, 0.5) is 5.69 Å². The number of carbonyl (C=O) groups excluding carboxylic acids is 1. The third-order valence-corrected chi connectivity index (χ3v) is 4.36. The Morgan fingerprint density at radius 1 is 1.28 bits per heavy atom. The van der Waals surface area contributed by atoms with Gasteiger partial charge in [-0.1, -0.05) is 6.92 Å². The summed E-state index contributed by atoms with van der Waals surface area (Å²) in [6, 6.07) is 6.75. The van der Waals surface area contributed by atoms with Gasteiger partial charge in [0, 0.05) is 23.5 Å². The Balaban J connectivity index is 2.38. The zero-order valence-electron chi connectivity index (χ0n) is 10.3. The standard InChI is InChI=1S/C12H18N2O3S/c1-2-18(16,17)9-3-8-14-11-6-4-10(5-7-11)12(13)15/h4-7,14H,2-3,8-9H2,1H3,(H2,13,15). The number of sulfone groups is 1.